The average Bonchev–Trinajstić information content (AvgIpc) is 3.53. The lowest BCUT2D eigenvalue weighted by Gasteiger charge is -2.17. The molecular formula is C30H27N3O4. The van der Waals surface area contributed by atoms with E-state index in [4.69, 9.17) is 9.47 Å². The molecule has 186 valence electrons. The Morgan fingerprint density at radius 2 is 1.62 bits per heavy atom. The number of para-hydroxylation sites is 1. The van der Waals surface area contributed by atoms with E-state index in [2.05, 4.69) is 11.1 Å². The van der Waals surface area contributed by atoms with Gasteiger partial charge >= 0.3 is 0 Å². The van der Waals surface area contributed by atoms with Crippen molar-refractivity contribution in [1.29, 1.82) is 0 Å². The number of fused-ring (bicyclic) bond motifs is 2. The molecule has 1 aliphatic heterocycles. The Hall–Kier alpha value is -4.36. The number of ether oxygens (including phenoxy) is 2. The highest BCUT2D eigenvalue weighted by Crippen LogP contribution is 2.39. The van der Waals surface area contributed by atoms with Crippen LogP contribution in [0.25, 0.3) is 33.3 Å². The van der Waals surface area contributed by atoms with Crippen LogP contribution in [0.2, 0.25) is 0 Å². The van der Waals surface area contributed by atoms with Gasteiger partial charge in [-0.25, -0.2) is 0 Å². The number of aryl methyl sites for hydroxylation is 4. The van der Waals surface area contributed by atoms with Gasteiger partial charge in [0.25, 0.3) is 11.1 Å². The maximum atomic E-state index is 13.2. The first-order chi connectivity index (χ1) is 17.8. The highest BCUT2D eigenvalue weighted by Gasteiger charge is 2.21. The number of nitrogens with zero attached hydrogens (tertiary/aromatic N) is 2. The summed E-state index contributed by atoms with van der Waals surface area (Å²) in [5.41, 5.74) is 7.64. The topological polar surface area (TPSA) is 78.2 Å². The van der Waals surface area contributed by atoms with Crippen LogP contribution < -0.4 is 15.9 Å². The molecule has 0 bridgehead atoms. The van der Waals surface area contributed by atoms with Crippen LogP contribution in [-0.4, -0.2) is 14.1 Å². The third kappa shape index (κ3) is 3.79. The fourth-order valence-electron chi connectivity index (χ4n) is 5.12. The highest BCUT2D eigenvalue weighted by molar-refractivity contribution is 5.99. The lowest BCUT2D eigenvalue weighted by molar-refractivity contribution is 0.134. The second-order valence-corrected chi connectivity index (χ2v) is 9.69. The monoisotopic (exact) mass is 493 g/mol. The number of hydrogen-bond donors (Lipinski definition) is 1. The standard InChI is InChI=1S/C30H27N3O4/c1-17-7-5-8-18(2)29(17)37-26-14-32(3)27(34)12-21(26)23-13-33(4)30(35)28-22(23)11-25(31-28)20-10-6-9-19-15-36-16-24(19)20/h5-14,31H,15-16H2,1-4H3. The first-order valence-electron chi connectivity index (χ1n) is 12.2. The lowest BCUT2D eigenvalue weighted by atomic mass is 10.00. The summed E-state index contributed by atoms with van der Waals surface area (Å²) < 4.78 is 15.2. The van der Waals surface area contributed by atoms with Crippen molar-refractivity contribution in [3.63, 3.8) is 0 Å². The van der Waals surface area contributed by atoms with Gasteiger partial charge < -0.3 is 23.6 Å². The molecule has 37 heavy (non-hydrogen) atoms. The molecule has 7 nitrogen and oxygen atoms in total. The van der Waals surface area contributed by atoms with E-state index in [-0.39, 0.29) is 11.1 Å². The quantitative estimate of drug-likeness (QED) is 0.367. The first kappa shape index (κ1) is 23.1. The molecule has 1 N–H and O–H groups in total. The first-order valence-corrected chi connectivity index (χ1v) is 12.2. The molecular weight excluding hydrogens is 466 g/mol. The molecule has 3 aromatic heterocycles. The van der Waals surface area contributed by atoms with E-state index in [1.807, 2.05) is 50.2 Å². The van der Waals surface area contributed by atoms with Gasteiger partial charge in [0, 0.05) is 54.1 Å². The zero-order valence-electron chi connectivity index (χ0n) is 21.2. The van der Waals surface area contributed by atoms with Gasteiger partial charge in [0.2, 0.25) is 0 Å². The molecule has 0 radical (unpaired) electrons. The van der Waals surface area contributed by atoms with Gasteiger partial charge in [-0.1, -0.05) is 36.4 Å². The average molecular weight is 494 g/mol. The van der Waals surface area contributed by atoms with Crippen LogP contribution in [0.4, 0.5) is 0 Å². The molecule has 0 aliphatic carbocycles. The van der Waals surface area contributed by atoms with Crippen LogP contribution in [-0.2, 0) is 32.0 Å². The molecule has 1 aliphatic rings. The Labute approximate surface area is 213 Å². The predicted molar refractivity (Wildman–Crippen MR) is 144 cm³/mol. The molecule has 0 saturated heterocycles. The van der Waals surface area contributed by atoms with E-state index < -0.39 is 0 Å². The second kappa shape index (κ2) is 8.64. The van der Waals surface area contributed by atoms with Crippen molar-refractivity contribution < 1.29 is 9.47 Å². The van der Waals surface area contributed by atoms with Gasteiger partial charge in [-0.15, -0.1) is 0 Å². The third-order valence-corrected chi connectivity index (χ3v) is 7.13. The molecule has 0 spiro atoms. The normalized spacial score (nSPS) is 12.8. The van der Waals surface area contributed by atoms with E-state index >= 15 is 0 Å². The van der Waals surface area contributed by atoms with Crippen LogP contribution in [0.3, 0.4) is 0 Å². The van der Waals surface area contributed by atoms with Crippen LogP contribution in [0.1, 0.15) is 22.3 Å². The molecule has 2 aromatic carbocycles. The number of pyridine rings is 2. The van der Waals surface area contributed by atoms with Crippen molar-refractivity contribution in [1.82, 2.24) is 14.1 Å². The van der Waals surface area contributed by atoms with E-state index in [1.54, 1.807) is 32.6 Å². The van der Waals surface area contributed by atoms with E-state index in [9.17, 15) is 9.59 Å². The summed E-state index contributed by atoms with van der Waals surface area (Å²) in [7, 11) is 3.42. The molecule has 6 rings (SSSR count). The molecule has 0 unspecified atom stereocenters. The number of nitrogens with one attached hydrogen (secondary N) is 1. The Kier molecular flexibility index (Phi) is 5.38. The Bertz CT molecular complexity index is 1800. The van der Waals surface area contributed by atoms with Crippen molar-refractivity contribution in [2.24, 2.45) is 14.1 Å². The Morgan fingerprint density at radius 1 is 0.865 bits per heavy atom. The van der Waals surface area contributed by atoms with Gasteiger partial charge in [-0.05, 0) is 42.2 Å². The van der Waals surface area contributed by atoms with Gasteiger partial charge in [0.05, 0.1) is 19.4 Å². The summed E-state index contributed by atoms with van der Waals surface area (Å²) in [6.45, 7) is 5.11. The number of hydrogen-bond acceptors (Lipinski definition) is 4. The van der Waals surface area contributed by atoms with Crippen molar-refractivity contribution in [3.05, 3.63) is 104 Å². The van der Waals surface area contributed by atoms with Crippen molar-refractivity contribution in [3.8, 4) is 33.9 Å². The largest absolute Gasteiger partial charge is 0.455 e. The smallest absolute Gasteiger partial charge is 0.274 e. The van der Waals surface area contributed by atoms with Crippen molar-refractivity contribution in [2.45, 2.75) is 27.1 Å². The third-order valence-electron chi connectivity index (χ3n) is 7.13. The fourth-order valence-corrected chi connectivity index (χ4v) is 5.12. The van der Waals surface area contributed by atoms with Crippen molar-refractivity contribution >= 4 is 10.9 Å². The van der Waals surface area contributed by atoms with Gasteiger partial charge in [0.15, 0.2) is 5.75 Å². The summed E-state index contributed by atoms with van der Waals surface area (Å²) in [4.78, 5) is 29.4. The lowest BCUT2D eigenvalue weighted by Crippen LogP contribution is -2.18. The maximum Gasteiger partial charge on any atom is 0.274 e. The molecule has 0 fully saturated rings. The molecule has 5 aromatic rings. The summed E-state index contributed by atoms with van der Waals surface area (Å²) in [5, 5.41) is 0.731. The van der Waals surface area contributed by atoms with Crippen LogP contribution >= 0.6 is 0 Å². The zero-order valence-corrected chi connectivity index (χ0v) is 21.2. The Morgan fingerprint density at radius 3 is 2.41 bits per heavy atom. The second-order valence-electron chi connectivity index (χ2n) is 9.69. The van der Waals surface area contributed by atoms with Gasteiger partial charge in [-0.3, -0.25) is 9.59 Å². The minimum Gasteiger partial charge on any atom is -0.455 e. The van der Waals surface area contributed by atoms with Crippen molar-refractivity contribution in [2.75, 3.05) is 0 Å². The summed E-state index contributed by atoms with van der Waals surface area (Å²) in [5.74, 6) is 1.29. The van der Waals surface area contributed by atoms with Gasteiger partial charge in [-0.2, -0.15) is 0 Å². The number of aromatic nitrogens is 3. The van der Waals surface area contributed by atoms with E-state index in [0.717, 1.165) is 50.2 Å². The molecule has 7 heteroatoms. The number of H-pyrrole nitrogens is 1. The zero-order chi connectivity index (χ0) is 25.8. The minimum atomic E-state index is -0.167. The molecule has 4 heterocycles. The van der Waals surface area contributed by atoms with E-state index in [1.165, 1.54) is 9.13 Å². The SMILES string of the molecule is Cc1cccc(C)c1Oc1cn(C)c(=O)cc1-c1cn(C)c(=O)c2[nH]c(-c3cccc4c3COC4)cc12. The fraction of sp³-hybridized carbons (Fsp3) is 0.200. The van der Waals surface area contributed by atoms with Crippen LogP contribution in [0, 0.1) is 13.8 Å². The van der Waals surface area contributed by atoms with Crippen LogP contribution in [0.5, 0.6) is 11.5 Å². The molecule has 0 atom stereocenters. The van der Waals surface area contributed by atoms with Crippen LogP contribution in [0.15, 0.2) is 70.5 Å². The number of aromatic amines is 1. The van der Waals surface area contributed by atoms with E-state index in [0.29, 0.717) is 30.0 Å². The number of rotatable bonds is 4. The molecule has 0 saturated carbocycles. The highest BCUT2D eigenvalue weighted by atomic mass is 16.5. The molecule has 0 amide bonds. The maximum absolute atomic E-state index is 13.2. The minimum absolute atomic E-state index is 0.144. The summed E-state index contributed by atoms with van der Waals surface area (Å²) in [6.07, 6.45) is 3.47. The number of benzene rings is 2. The summed E-state index contributed by atoms with van der Waals surface area (Å²) in [6, 6.07) is 15.6. The summed E-state index contributed by atoms with van der Waals surface area (Å²) >= 11 is 0. The predicted octanol–water partition coefficient (Wildman–Crippen LogP) is 5.34. The van der Waals surface area contributed by atoms with Gasteiger partial charge in [0.1, 0.15) is 11.3 Å². The Balaban J connectivity index is 1.60.